The first-order chi connectivity index (χ1) is 11.1. The number of benzene rings is 1. The number of carbonyl (C=O) groups excluding carboxylic acids is 1. The minimum Gasteiger partial charge on any atom is -0.337 e. The second kappa shape index (κ2) is 6.96. The van der Waals surface area contributed by atoms with Gasteiger partial charge in [-0.25, -0.2) is 0 Å². The van der Waals surface area contributed by atoms with Crippen LogP contribution in [0.5, 0.6) is 0 Å². The van der Waals surface area contributed by atoms with Crippen molar-refractivity contribution in [1.29, 1.82) is 0 Å². The zero-order valence-electron chi connectivity index (χ0n) is 13.9. The number of nitrogens with zero attached hydrogens (tertiary/aromatic N) is 4. The van der Waals surface area contributed by atoms with Crippen LogP contribution in [0.25, 0.3) is 0 Å². The van der Waals surface area contributed by atoms with Gasteiger partial charge in [0.05, 0.1) is 12.6 Å². The normalized spacial score (nSPS) is 19.0. The zero-order valence-corrected chi connectivity index (χ0v) is 13.9. The van der Waals surface area contributed by atoms with Crippen LogP contribution in [-0.2, 0) is 24.8 Å². The lowest BCUT2D eigenvalue weighted by molar-refractivity contribution is -0.135. The molecule has 23 heavy (non-hydrogen) atoms. The van der Waals surface area contributed by atoms with Crippen molar-refractivity contribution >= 4 is 5.91 Å². The summed E-state index contributed by atoms with van der Waals surface area (Å²) >= 11 is 0. The van der Waals surface area contributed by atoms with E-state index in [-0.39, 0.29) is 11.9 Å². The molecule has 1 saturated heterocycles. The first-order valence-corrected chi connectivity index (χ1v) is 8.15. The lowest BCUT2D eigenvalue weighted by Crippen LogP contribution is -2.54. The van der Waals surface area contributed by atoms with Crippen molar-refractivity contribution in [2.24, 2.45) is 7.05 Å². The molecule has 0 N–H and O–H groups in total. The van der Waals surface area contributed by atoms with E-state index in [1.54, 1.807) is 10.9 Å². The average Bonchev–Trinajstić information content (AvgIpc) is 2.93. The Morgan fingerprint density at radius 1 is 1.22 bits per heavy atom. The maximum absolute atomic E-state index is 12.5. The molecule has 0 aliphatic carbocycles. The highest BCUT2D eigenvalue weighted by molar-refractivity contribution is 5.79. The Bertz CT molecular complexity index is 652. The fourth-order valence-corrected chi connectivity index (χ4v) is 3.23. The first kappa shape index (κ1) is 15.7. The number of amides is 1. The van der Waals surface area contributed by atoms with Gasteiger partial charge in [0.2, 0.25) is 5.91 Å². The van der Waals surface area contributed by atoms with Crippen LogP contribution in [-0.4, -0.2) is 51.2 Å². The second-order valence-corrected chi connectivity index (χ2v) is 6.36. The molecule has 1 aromatic carbocycles. The van der Waals surface area contributed by atoms with Crippen molar-refractivity contribution in [2.45, 2.75) is 25.9 Å². The summed E-state index contributed by atoms with van der Waals surface area (Å²) in [6.07, 6.45) is 4.12. The average molecular weight is 312 g/mol. The molecule has 1 unspecified atom stereocenters. The van der Waals surface area contributed by atoms with E-state index in [2.05, 4.69) is 41.2 Å². The Labute approximate surface area is 137 Å². The van der Waals surface area contributed by atoms with E-state index in [0.717, 1.165) is 31.7 Å². The van der Waals surface area contributed by atoms with Crippen LogP contribution in [0.4, 0.5) is 0 Å². The van der Waals surface area contributed by atoms with Gasteiger partial charge >= 0.3 is 0 Å². The largest absolute Gasteiger partial charge is 0.337 e. The van der Waals surface area contributed by atoms with Crippen molar-refractivity contribution in [1.82, 2.24) is 19.6 Å². The van der Waals surface area contributed by atoms with Crippen LogP contribution in [0.2, 0.25) is 0 Å². The number of aromatic nitrogens is 2. The summed E-state index contributed by atoms with van der Waals surface area (Å²) < 4.78 is 1.74. The molecule has 0 spiro atoms. The number of carbonyl (C=O) groups is 1. The van der Waals surface area contributed by atoms with Gasteiger partial charge in [-0.15, -0.1) is 0 Å². The molecule has 3 rings (SSSR count). The number of aryl methyl sites for hydroxylation is 1. The maximum Gasteiger partial charge on any atom is 0.227 e. The van der Waals surface area contributed by atoms with Gasteiger partial charge in [-0.3, -0.25) is 14.4 Å². The third-order valence-electron chi connectivity index (χ3n) is 4.39. The zero-order chi connectivity index (χ0) is 16.2. The van der Waals surface area contributed by atoms with Gasteiger partial charge in [0.25, 0.3) is 0 Å². The summed E-state index contributed by atoms with van der Waals surface area (Å²) in [5.74, 6) is 0.199. The number of piperazine rings is 1. The van der Waals surface area contributed by atoms with Crippen molar-refractivity contribution in [3.8, 4) is 0 Å². The molecule has 0 saturated carbocycles. The summed E-state index contributed by atoms with van der Waals surface area (Å²) in [6, 6.07) is 10.8. The lowest BCUT2D eigenvalue weighted by Gasteiger charge is -2.40. The molecular formula is C18H24N4O. The molecule has 5 heteroatoms. The second-order valence-electron chi connectivity index (χ2n) is 6.36. The predicted octanol–water partition coefficient (Wildman–Crippen LogP) is 1.70. The van der Waals surface area contributed by atoms with Crippen LogP contribution in [0, 0.1) is 0 Å². The Kier molecular flexibility index (Phi) is 4.76. The monoisotopic (exact) mass is 312 g/mol. The Balaban J connectivity index is 1.54. The Morgan fingerprint density at radius 2 is 2.00 bits per heavy atom. The van der Waals surface area contributed by atoms with Crippen LogP contribution >= 0.6 is 0 Å². The van der Waals surface area contributed by atoms with E-state index in [1.165, 1.54) is 5.56 Å². The Morgan fingerprint density at radius 3 is 2.65 bits per heavy atom. The molecule has 0 bridgehead atoms. The van der Waals surface area contributed by atoms with Gasteiger partial charge in [-0.1, -0.05) is 30.3 Å². The number of hydrogen-bond acceptors (Lipinski definition) is 3. The minimum atomic E-state index is 0.199. The van der Waals surface area contributed by atoms with Crippen molar-refractivity contribution < 1.29 is 4.79 Å². The van der Waals surface area contributed by atoms with Crippen molar-refractivity contribution in [3.63, 3.8) is 0 Å². The van der Waals surface area contributed by atoms with Gasteiger partial charge in [0.1, 0.15) is 0 Å². The molecule has 1 fully saturated rings. The van der Waals surface area contributed by atoms with Crippen LogP contribution < -0.4 is 0 Å². The van der Waals surface area contributed by atoms with Crippen LogP contribution in [0.1, 0.15) is 18.1 Å². The summed E-state index contributed by atoms with van der Waals surface area (Å²) in [4.78, 5) is 17.0. The van der Waals surface area contributed by atoms with E-state index >= 15 is 0 Å². The molecule has 122 valence electrons. The summed E-state index contributed by atoms with van der Waals surface area (Å²) in [5, 5.41) is 4.13. The SMILES string of the molecule is CC1CN(Cc2ccccc2)CCN1C(=O)Cc1cnn(C)c1. The third-order valence-corrected chi connectivity index (χ3v) is 4.39. The van der Waals surface area contributed by atoms with Gasteiger partial charge in [-0.2, -0.15) is 5.10 Å². The molecule has 1 aliphatic heterocycles. The topological polar surface area (TPSA) is 41.4 Å². The highest BCUT2D eigenvalue weighted by Crippen LogP contribution is 2.14. The van der Waals surface area contributed by atoms with Crippen LogP contribution in [0.3, 0.4) is 0 Å². The van der Waals surface area contributed by atoms with E-state index < -0.39 is 0 Å². The van der Waals surface area contributed by atoms with Gasteiger partial charge < -0.3 is 4.90 Å². The molecular weight excluding hydrogens is 288 g/mol. The highest BCUT2D eigenvalue weighted by atomic mass is 16.2. The lowest BCUT2D eigenvalue weighted by atomic mass is 10.1. The van der Waals surface area contributed by atoms with E-state index in [1.807, 2.05) is 24.2 Å². The molecule has 1 amide bonds. The predicted molar refractivity (Wildman–Crippen MR) is 89.8 cm³/mol. The maximum atomic E-state index is 12.5. The minimum absolute atomic E-state index is 0.199. The molecule has 5 nitrogen and oxygen atoms in total. The van der Waals surface area contributed by atoms with Gasteiger partial charge in [0, 0.05) is 45.5 Å². The third kappa shape index (κ3) is 3.99. The quantitative estimate of drug-likeness (QED) is 0.863. The van der Waals surface area contributed by atoms with Crippen LogP contribution in [0.15, 0.2) is 42.7 Å². The summed E-state index contributed by atoms with van der Waals surface area (Å²) in [5.41, 5.74) is 2.31. The fourth-order valence-electron chi connectivity index (χ4n) is 3.23. The molecule has 2 heterocycles. The smallest absolute Gasteiger partial charge is 0.227 e. The number of rotatable bonds is 4. The highest BCUT2D eigenvalue weighted by Gasteiger charge is 2.27. The molecule has 2 aromatic rings. The molecule has 1 aromatic heterocycles. The first-order valence-electron chi connectivity index (χ1n) is 8.15. The summed E-state index contributed by atoms with van der Waals surface area (Å²) in [6.45, 7) is 5.74. The van der Waals surface area contributed by atoms with E-state index in [0.29, 0.717) is 6.42 Å². The molecule has 0 radical (unpaired) electrons. The van der Waals surface area contributed by atoms with E-state index in [9.17, 15) is 4.79 Å². The Hall–Kier alpha value is -2.14. The van der Waals surface area contributed by atoms with Gasteiger partial charge in [-0.05, 0) is 18.1 Å². The fraction of sp³-hybridized carbons (Fsp3) is 0.444. The van der Waals surface area contributed by atoms with E-state index in [4.69, 9.17) is 0 Å². The molecule has 1 aliphatic rings. The van der Waals surface area contributed by atoms with Gasteiger partial charge in [0.15, 0.2) is 0 Å². The van der Waals surface area contributed by atoms with Crippen molar-refractivity contribution in [3.05, 3.63) is 53.9 Å². The number of hydrogen-bond donors (Lipinski definition) is 0. The van der Waals surface area contributed by atoms with Crippen molar-refractivity contribution in [2.75, 3.05) is 19.6 Å². The standard InChI is InChI=1S/C18H24N4O/c1-15-12-21(14-16-6-4-3-5-7-16)8-9-22(15)18(23)10-17-11-19-20(2)13-17/h3-7,11,13,15H,8-10,12,14H2,1-2H3. The molecule has 1 atom stereocenters. The summed E-state index contributed by atoms with van der Waals surface area (Å²) in [7, 11) is 1.87.